The zero-order chi connectivity index (χ0) is 12.3. The SMILES string of the molecule is NC(=O)CNC(=O)c1ccc2c(c1)CCCC2. The molecular formula is C13H16N2O2. The molecule has 0 fully saturated rings. The Morgan fingerprint density at radius 3 is 2.59 bits per heavy atom. The minimum atomic E-state index is -0.531. The van der Waals surface area contributed by atoms with E-state index in [-0.39, 0.29) is 12.5 Å². The Morgan fingerprint density at radius 1 is 1.18 bits per heavy atom. The van der Waals surface area contributed by atoms with Gasteiger partial charge < -0.3 is 11.1 Å². The Labute approximate surface area is 100 Å². The lowest BCUT2D eigenvalue weighted by Crippen LogP contribution is -2.33. The van der Waals surface area contributed by atoms with Crippen molar-refractivity contribution in [2.24, 2.45) is 5.73 Å². The van der Waals surface area contributed by atoms with Crippen LogP contribution in [0.2, 0.25) is 0 Å². The third-order valence-corrected chi connectivity index (χ3v) is 3.03. The number of benzene rings is 1. The van der Waals surface area contributed by atoms with Gasteiger partial charge in [0.1, 0.15) is 0 Å². The number of carbonyl (C=O) groups excluding carboxylic acids is 2. The molecule has 0 saturated heterocycles. The number of nitrogens with two attached hydrogens (primary N) is 1. The molecule has 0 atom stereocenters. The second-order valence-electron chi connectivity index (χ2n) is 4.34. The Hall–Kier alpha value is -1.84. The van der Waals surface area contributed by atoms with Crippen molar-refractivity contribution in [3.63, 3.8) is 0 Å². The zero-order valence-electron chi connectivity index (χ0n) is 9.66. The van der Waals surface area contributed by atoms with Crippen LogP contribution >= 0.6 is 0 Å². The summed E-state index contributed by atoms with van der Waals surface area (Å²) in [4.78, 5) is 22.3. The second-order valence-corrected chi connectivity index (χ2v) is 4.34. The quantitative estimate of drug-likeness (QED) is 0.808. The fraction of sp³-hybridized carbons (Fsp3) is 0.385. The first-order valence-corrected chi connectivity index (χ1v) is 5.85. The predicted octanol–water partition coefficient (Wildman–Crippen LogP) is 0.780. The first-order valence-electron chi connectivity index (χ1n) is 5.85. The maximum absolute atomic E-state index is 11.7. The molecule has 1 aliphatic carbocycles. The molecule has 1 aliphatic rings. The highest BCUT2D eigenvalue weighted by atomic mass is 16.2. The maximum atomic E-state index is 11.7. The molecule has 2 rings (SSSR count). The van der Waals surface area contributed by atoms with Crippen LogP contribution in [-0.2, 0) is 17.6 Å². The molecule has 1 aromatic rings. The van der Waals surface area contributed by atoms with Crippen molar-refractivity contribution in [2.75, 3.05) is 6.54 Å². The number of carbonyl (C=O) groups is 2. The van der Waals surface area contributed by atoms with Crippen LogP contribution in [0.25, 0.3) is 0 Å². The number of hydrogen-bond acceptors (Lipinski definition) is 2. The molecule has 17 heavy (non-hydrogen) atoms. The van der Waals surface area contributed by atoms with Crippen molar-refractivity contribution in [3.8, 4) is 0 Å². The lowest BCUT2D eigenvalue weighted by molar-refractivity contribution is -0.117. The van der Waals surface area contributed by atoms with Gasteiger partial charge in [-0.05, 0) is 48.9 Å². The van der Waals surface area contributed by atoms with E-state index in [0.29, 0.717) is 5.56 Å². The van der Waals surface area contributed by atoms with Gasteiger partial charge in [0, 0.05) is 5.56 Å². The van der Waals surface area contributed by atoms with Crippen LogP contribution in [0.4, 0.5) is 0 Å². The average Bonchev–Trinajstić information content (AvgIpc) is 2.35. The standard InChI is InChI=1S/C13H16N2O2/c14-12(16)8-15-13(17)11-6-5-9-3-1-2-4-10(9)7-11/h5-7H,1-4,8H2,(H2,14,16)(H,15,17). The molecule has 0 bridgehead atoms. The van der Waals surface area contributed by atoms with Crippen LogP contribution in [-0.4, -0.2) is 18.4 Å². The van der Waals surface area contributed by atoms with Crippen molar-refractivity contribution < 1.29 is 9.59 Å². The molecule has 4 heteroatoms. The third kappa shape index (κ3) is 2.84. The Kier molecular flexibility index (Phi) is 3.42. The summed E-state index contributed by atoms with van der Waals surface area (Å²) in [6.45, 7) is -0.115. The van der Waals surface area contributed by atoms with Crippen LogP contribution in [0.15, 0.2) is 18.2 Å². The summed E-state index contributed by atoms with van der Waals surface area (Å²) >= 11 is 0. The molecule has 0 heterocycles. The highest BCUT2D eigenvalue weighted by Gasteiger charge is 2.12. The van der Waals surface area contributed by atoms with E-state index in [1.165, 1.54) is 24.0 Å². The molecule has 2 amide bonds. The average molecular weight is 232 g/mol. The van der Waals surface area contributed by atoms with Gasteiger partial charge in [-0.2, -0.15) is 0 Å². The van der Waals surface area contributed by atoms with Crippen LogP contribution < -0.4 is 11.1 Å². The number of aryl methyl sites for hydroxylation is 2. The van der Waals surface area contributed by atoms with Gasteiger partial charge in [-0.25, -0.2) is 0 Å². The topological polar surface area (TPSA) is 72.2 Å². The van der Waals surface area contributed by atoms with Gasteiger partial charge in [0.15, 0.2) is 0 Å². The Bertz CT molecular complexity index is 455. The molecular weight excluding hydrogens is 216 g/mol. The molecule has 4 nitrogen and oxygen atoms in total. The molecule has 90 valence electrons. The molecule has 0 saturated carbocycles. The largest absolute Gasteiger partial charge is 0.368 e. The first kappa shape index (κ1) is 11.6. The monoisotopic (exact) mass is 232 g/mol. The van der Waals surface area contributed by atoms with E-state index < -0.39 is 5.91 Å². The molecule has 3 N–H and O–H groups in total. The van der Waals surface area contributed by atoms with Crippen LogP contribution in [0.5, 0.6) is 0 Å². The number of hydrogen-bond donors (Lipinski definition) is 2. The van der Waals surface area contributed by atoms with E-state index in [1.807, 2.05) is 12.1 Å². The van der Waals surface area contributed by atoms with Crippen molar-refractivity contribution in [2.45, 2.75) is 25.7 Å². The normalized spacial score (nSPS) is 13.9. The zero-order valence-corrected chi connectivity index (χ0v) is 9.66. The van der Waals surface area contributed by atoms with Crippen molar-refractivity contribution in [1.29, 1.82) is 0 Å². The van der Waals surface area contributed by atoms with E-state index >= 15 is 0 Å². The number of rotatable bonds is 3. The fourth-order valence-electron chi connectivity index (χ4n) is 2.14. The molecule has 0 unspecified atom stereocenters. The highest BCUT2D eigenvalue weighted by molar-refractivity contribution is 5.96. The summed E-state index contributed by atoms with van der Waals surface area (Å²) in [6, 6.07) is 5.74. The molecule has 0 aliphatic heterocycles. The van der Waals surface area contributed by atoms with Gasteiger partial charge in [-0.3, -0.25) is 9.59 Å². The fourth-order valence-corrected chi connectivity index (χ4v) is 2.14. The summed E-state index contributed by atoms with van der Waals surface area (Å²) in [7, 11) is 0. The molecule has 0 aromatic heterocycles. The second kappa shape index (κ2) is 4.99. The Morgan fingerprint density at radius 2 is 1.88 bits per heavy atom. The highest BCUT2D eigenvalue weighted by Crippen LogP contribution is 2.22. The summed E-state index contributed by atoms with van der Waals surface area (Å²) in [5.41, 5.74) is 8.17. The first-order chi connectivity index (χ1) is 8.16. The Balaban J connectivity index is 2.11. The van der Waals surface area contributed by atoms with Crippen LogP contribution in [0, 0.1) is 0 Å². The van der Waals surface area contributed by atoms with Crippen LogP contribution in [0.1, 0.15) is 34.3 Å². The number of nitrogens with one attached hydrogen (secondary N) is 1. The molecule has 0 spiro atoms. The van der Waals surface area contributed by atoms with Gasteiger partial charge in [0.2, 0.25) is 5.91 Å². The van der Waals surface area contributed by atoms with E-state index in [4.69, 9.17) is 5.73 Å². The number of amides is 2. The molecule has 0 radical (unpaired) electrons. The minimum Gasteiger partial charge on any atom is -0.368 e. The van der Waals surface area contributed by atoms with Gasteiger partial charge in [0.25, 0.3) is 5.91 Å². The number of primary amides is 1. The van der Waals surface area contributed by atoms with E-state index in [9.17, 15) is 9.59 Å². The van der Waals surface area contributed by atoms with Crippen molar-refractivity contribution >= 4 is 11.8 Å². The predicted molar refractivity (Wildman–Crippen MR) is 64.6 cm³/mol. The van der Waals surface area contributed by atoms with E-state index in [1.54, 1.807) is 6.07 Å². The van der Waals surface area contributed by atoms with E-state index in [2.05, 4.69) is 5.32 Å². The lowest BCUT2D eigenvalue weighted by Gasteiger charge is -2.16. The minimum absolute atomic E-state index is 0.115. The summed E-state index contributed by atoms with van der Waals surface area (Å²) in [5.74, 6) is -0.770. The summed E-state index contributed by atoms with van der Waals surface area (Å²) in [5, 5.41) is 2.49. The van der Waals surface area contributed by atoms with Gasteiger partial charge in [-0.1, -0.05) is 6.07 Å². The van der Waals surface area contributed by atoms with Crippen LogP contribution in [0.3, 0.4) is 0 Å². The summed E-state index contributed by atoms with van der Waals surface area (Å²) in [6.07, 6.45) is 4.53. The number of fused-ring (bicyclic) bond motifs is 1. The smallest absolute Gasteiger partial charge is 0.251 e. The maximum Gasteiger partial charge on any atom is 0.251 e. The lowest BCUT2D eigenvalue weighted by atomic mass is 9.90. The van der Waals surface area contributed by atoms with Crippen molar-refractivity contribution in [1.82, 2.24) is 5.32 Å². The van der Waals surface area contributed by atoms with E-state index in [0.717, 1.165) is 12.8 Å². The molecule has 1 aromatic carbocycles. The van der Waals surface area contributed by atoms with Gasteiger partial charge in [0.05, 0.1) is 6.54 Å². The van der Waals surface area contributed by atoms with Crippen molar-refractivity contribution in [3.05, 3.63) is 34.9 Å². The summed E-state index contributed by atoms with van der Waals surface area (Å²) < 4.78 is 0. The van der Waals surface area contributed by atoms with Gasteiger partial charge in [-0.15, -0.1) is 0 Å². The third-order valence-electron chi connectivity index (χ3n) is 3.03. The van der Waals surface area contributed by atoms with Gasteiger partial charge >= 0.3 is 0 Å².